The topological polar surface area (TPSA) is 102 Å². The maximum atomic E-state index is 12.8. The summed E-state index contributed by atoms with van der Waals surface area (Å²) >= 11 is 0. The quantitative estimate of drug-likeness (QED) is 0.249. The Morgan fingerprint density at radius 3 is 2.08 bits per heavy atom. The van der Waals surface area contributed by atoms with Gasteiger partial charge in [-0.3, -0.25) is 19.3 Å². The van der Waals surface area contributed by atoms with E-state index < -0.39 is 12.0 Å². The number of amides is 2. The van der Waals surface area contributed by atoms with Gasteiger partial charge >= 0.3 is 5.97 Å². The molecule has 0 aliphatic heterocycles. The first kappa shape index (κ1) is 30.7. The molecule has 0 saturated heterocycles. The molecule has 0 spiro atoms. The number of carbonyl (C=O) groups is 3. The van der Waals surface area contributed by atoms with Crippen LogP contribution in [0.4, 0.5) is 5.69 Å². The minimum absolute atomic E-state index is 0.0845. The highest BCUT2D eigenvalue weighted by Gasteiger charge is 2.32. The monoisotopic (exact) mass is 552 g/mol. The van der Waals surface area contributed by atoms with E-state index in [0.29, 0.717) is 17.0 Å². The number of furan rings is 2. The molecule has 1 aliphatic rings. The van der Waals surface area contributed by atoms with Crippen molar-refractivity contribution in [1.29, 1.82) is 0 Å². The van der Waals surface area contributed by atoms with Crippen molar-refractivity contribution in [3.8, 4) is 0 Å². The third-order valence-electron chi connectivity index (χ3n) is 7.14. The van der Waals surface area contributed by atoms with Gasteiger partial charge in [-0.05, 0) is 76.8 Å². The van der Waals surface area contributed by atoms with Crippen molar-refractivity contribution in [3.63, 3.8) is 0 Å². The zero-order chi connectivity index (χ0) is 29.4. The zero-order valence-electron chi connectivity index (χ0n) is 24.5. The van der Waals surface area contributed by atoms with Crippen LogP contribution in [0.15, 0.2) is 51.5 Å². The molecule has 0 bridgehead atoms. The Balaban J connectivity index is 0.000000225. The van der Waals surface area contributed by atoms with Gasteiger partial charge in [0.2, 0.25) is 0 Å². The summed E-state index contributed by atoms with van der Waals surface area (Å²) in [5.74, 6) is 0.658. The van der Waals surface area contributed by atoms with Crippen LogP contribution in [-0.2, 0) is 14.4 Å². The molecular formula is C31H40N2O7. The molecule has 1 aromatic carbocycles. The number of esters is 1. The average Bonchev–Trinajstić information content (AvgIpc) is 3.60. The standard InChI is InChI=1S/C17H19NO4.C14H21NO3/c1-11-7-5-8-12(2)15(11)18(13(3)17(20)21-4)16(19)14-9-6-10-22-14;1-10-9-13(11(2)18-10)14(16)15(17-3)12-7-5-4-6-8-12/h5-10,13H,1-4H3;9,12H,4-8H2,1-3H3. The number of ether oxygens (including phenoxy) is 1. The predicted molar refractivity (Wildman–Crippen MR) is 151 cm³/mol. The van der Waals surface area contributed by atoms with Crippen molar-refractivity contribution in [2.45, 2.75) is 78.8 Å². The summed E-state index contributed by atoms with van der Waals surface area (Å²) in [4.78, 5) is 44.0. The Morgan fingerprint density at radius 2 is 1.57 bits per heavy atom. The summed E-state index contributed by atoms with van der Waals surface area (Å²) in [6, 6.07) is 10.1. The molecule has 1 fully saturated rings. The zero-order valence-corrected chi connectivity index (χ0v) is 24.5. The second kappa shape index (κ2) is 14.0. The van der Waals surface area contributed by atoms with Crippen LogP contribution < -0.4 is 4.90 Å². The highest BCUT2D eigenvalue weighted by Crippen LogP contribution is 2.29. The second-order valence-electron chi connectivity index (χ2n) is 10.0. The molecule has 9 heteroatoms. The van der Waals surface area contributed by atoms with Gasteiger partial charge in [0.15, 0.2) is 5.76 Å². The Kier molecular flexibility index (Phi) is 10.7. The van der Waals surface area contributed by atoms with E-state index in [1.54, 1.807) is 32.2 Å². The number of hydrogen-bond acceptors (Lipinski definition) is 7. The Labute approximate surface area is 236 Å². The van der Waals surface area contributed by atoms with Crippen molar-refractivity contribution in [3.05, 3.63) is 76.6 Å². The fourth-order valence-electron chi connectivity index (χ4n) is 5.13. The third-order valence-corrected chi connectivity index (χ3v) is 7.14. The first-order valence-electron chi connectivity index (χ1n) is 13.6. The van der Waals surface area contributed by atoms with Gasteiger partial charge in [0.05, 0.1) is 37.8 Å². The molecule has 0 N–H and O–H groups in total. The number of rotatable bonds is 7. The molecule has 0 radical (unpaired) electrons. The maximum Gasteiger partial charge on any atom is 0.328 e. The van der Waals surface area contributed by atoms with E-state index in [4.69, 9.17) is 18.4 Å². The number of nitrogens with zero attached hydrogens (tertiary/aromatic N) is 2. The number of carbonyl (C=O) groups excluding carboxylic acids is 3. The fourth-order valence-corrected chi connectivity index (χ4v) is 5.13. The van der Waals surface area contributed by atoms with E-state index >= 15 is 0 Å². The highest BCUT2D eigenvalue weighted by molar-refractivity contribution is 6.08. The lowest BCUT2D eigenvalue weighted by atomic mass is 9.95. The molecular weight excluding hydrogens is 512 g/mol. The normalized spacial score (nSPS) is 14.1. The number of methoxy groups -OCH3 is 1. The van der Waals surface area contributed by atoms with E-state index in [2.05, 4.69) is 0 Å². The van der Waals surface area contributed by atoms with E-state index in [1.165, 1.54) is 42.6 Å². The molecule has 2 heterocycles. The summed E-state index contributed by atoms with van der Waals surface area (Å²) in [5.41, 5.74) is 3.10. The van der Waals surface area contributed by atoms with Crippen LogP contribution in [0.1, 0.15) is 82.6 Å². The summed E-state index contributed by atoms with van der Waals surface area (Å²) in [6.07, 6.45) is 7.07. The third kappa shape index (κ3) is 7.01. The minimum atomic E-state index is -0.762. The van der Waals surface area contributed by atoms with Gasteiger partial charge in [-0.2, -0.15) is 0 Å². The summed E-state index contributed by atoms with van der Waals surface area (Å²) in [7, 11) is 2.87. The SMILES string of the molecule is COC(=O)C(C)N(C(=O)c1ccco1)c1c(C)cccc1C.CON(C(=O)c1cc(C)oc1C)C1CCCCC1. The lowest BCUT2D eigenvalue weighted by Crippen LogP contribution is -2.44. The maximum absolute atomic E-state index is 12.8. The van der Waals surface area contributed by atoms with E-state index in [1.807, 2.05) is 45.9 Å². The molecule has 9 nitrogen and oxygen atoms in total. The van der Waals surface area contributed by atoms with Crippen LogP contribution in [0.5, 0.6) is 0 Å². The van der Waals surface area contributed by atoms with Crippen molar-refractivity contribution in [2.24, 2.45) is 0 Å². The van der Waals surface area contributed by atoms with Crippen LogP contribution in [0.2, 0.25) is 0 Å². The molecule has 3 aromatic rings. The summed E-state index contributed by atoms with van der Waals surface area (Å²) < 4.78 is 15.4. The van der Waals surface area contributed by atoms with E-state index in [-0.39, 0.29) is 23.6 Å². The fraction of sp³-hybridized carbons (Fsp3) is 0.452. The molecule has 4 rings (SSSR count). The van der Waals surface area contributed by atoms with Crippen molar-refractivity contribution in [1.82, 2.24) is 5.06 Å². The first-order valence-corrected chi connectivity index (χ1v) is 13.6. The van der Waals surface area contributed by atoms with Gasteiger partial charge < -0.3 is 13.6 Å². The predicted octanol–water partition coefficient (Wildman–Crippen LogP) is 6.34. The molecule has 1 saturated carbocycles. The molecule has 1 atom stereocenters. The molecule has 1 aliphatic carbocycles. The minimum Gasteiger partial charge on any atom is -0.467 e. The Bertz CT molecular complexity index is 1270. The molecule has 40 heavy (non-hydrogen) atoms. The second-order valence-corrected chi connectivity index (χ2v) is 10.0. The van der Waals surface area contributed by atoms with Gasteiger partial charge in [0.25, 0.3) is 11.8 Å². The Hall–Kier alpha value is -3.85. The summed E-state index contributed by atoms with van der Waals surface area (Å²) in [6.45, 7) is 9.10. The van der Waals surface area contributed by atoms with E-state index in [0.717, 1.165) is 29.7 Å². The summed E-state index contributed by atoms with van der Waals surface area (Å²) in [5, 5.41) is 1.52. The highest BCUT2D eigenvalue weighted by atomic mass is 16.7. The molecule has 2 aromatic heterocycles. The number of anilines is 1. The lowest BCUT2D eigenvalue weighted by Gasteiger charge is -2.31. The van der Waals surface area contributed by atoms with Gasteiger partial charge in [-0.25, -0.2) is 9.86 Å². The largest absolute Gasteiger partial charge is 0.467 e. The van der Waals surface area contributed by atoms with Crippen LogP contribution in [0.25, 0.3) is 0 Å². The van der Waals surface area contributed by atoms with Crippen molar-refractivity contribution in [2.75, 3.05) is 19.1 Å². The number of aryl methyl sites for hydroxylation is 4. The number of para-hydroxylation sites is 1. The van der Waals surface area contributed by atoms with Gasteiger partial charge in [0.1, 0.15) is 17.6 Å². The van der Waals surface area contributed by atoms with Crippen molar-refractivity contribution < 1.29 is 32.8 Å². The van der Waals surface area contributed by atoms with Gasteiger partial charge in [-0.1, -0.05) is 37.5 Å². The van der Waals surface area contributed by atoms with E-state index in [9.17, 15) is 14.4 Å². The average molecular weight is 553 g/mol. The number of benzene rings is 1. The first-order chi connectivity index (χ1) is 19.1. The van der Waals surface area contributed by atoms with Crippen LogP contribution in [0.3, 0.4) is 0 Å². The van der Waals surface area contributed by atoms with Crippen molar-refractivity contribution >= 4 is 23.5 Å². The van der Waals surface area contributed by atoms with Gasteiger partial charge in [-0.15, -0.1) is 0 Å². The smallest absolute Gasteiger partial charge is 0.328 e. The van der Waals surface area contributed by atoms with Gasteiger partial charge in [0, 0.05) is 0 Å². The lowest BCUT2D eigenvalue weighted by molar-refractivity contribution is -0.141. The number of hydroxylamine groups is 2. The van der Waals surface area contributed by atoms with Crippen LogP contribution in [0, 0.1) is 27.7 Å². The van der Waals surface area contributed by atoms with Crippen LogP contribution >= 0.6 is 0 Å². The van der Waals surface area contributed by atoms with Crippen LogP contribution in [-0.4, -0.2) is 49.2 Å². The molecule has 2 amide bonds. The Morgan fingerprint density at radius 1 is 0.925 bits per heavy atom. The molecule has 216 valence electrons. The number of hydrogen-bond donors (Lipinski definition) is 0. The molecule has 1 unspecified atom stereocenters.